The lowest BCUT2D eigenvalue weighted by molar-refractivity contribution is 0.601. The van der Waals surface area contributed by atoms with Crippen molar-refractivity contribution in [1.29, 1.82) is 0 Å². The van der Waals surface area contributed by atoms with Gasteiger partial charge in [-0.25, -0.2) is 13.4 Å². The zero-order valence-corrected chi connectivity index (χ0v) is 12.0. The summed E-state index contributed by atoms with van der Waals surface area (Å²) in [4.78, 5) is 4.11. The minimum Gasteiger partial charge on any atom is -0.397 e. The van der Waals surface area contributed by atoms with Gasteiger partial charge in [-0.3, -0.25) is 4.72 Å². The number of hydrogen-bond acceptors (Lipinski definition) is 6. The van der Waals surface area contributed by atoms with Crippen molar-refractivity contribution >= 4 is 43.9 Å². The summed E-state index contributed by atoms with van der Waals surface area (Å²) in [5, 5.41) is 5.13. The van der Waals surface area contributed by atoms with Crippen LogP contribution in [0.2, 0.25) is 0 Å². The molecule has 1 aromatic carbocycles. The maximum absolute atomic E-state index is 12.4. The number of benzene rings is 1. The topological polar surface area (TPSA) is 97.1 Å². The normalized spacial score (nSPS) is 13.6. The van der Waals surface area contributed by atoms with Crippen LogP contribution in [0.15, 0.2) is 34.7 Å². The fraction of sp³-hybridized carbons (Fsp3) is 0.0833. The van der Waals surface area contributed by atoms with E-state index in [4.69, 9.17) is 5.73 Å². The molecule has 4 N–H and O–H groups in total. The molecule has 0 radical (unpaired) electrons. The summed E-state index contributed by atoms with van der Waals surface area (Å²) in [6, 6.07) is 3.09. The van der Waals surface area contributed by atoms with E-state index in [-0.39, 0.29) is 4.90 Å². The molecular formula is C12H12N4O2S2. The van der Waals surface area contributed by atoms with Gasteiger partial charge in [0.25, 0.3) is 10.0 Å². The molecule has 0 unspecified atom stereocenters. The average molecular weight is 308 g/mol. The van der Waals surface area contributed by atoms with Crippen molar-refractivity contribution in [3.8, 4) is 0 Å². The summed E-state index contributed by atoms with van der Waals surface area (Å²) in [5.74, 6) is 0. The molecule has 1 aliphatic rings. The third-order valence-electron chi connectivity index (χ3n) is 2.86. The van der Waals surface area contributed by atoms with Crippen molar-refractivity contribution in [2.45, 2.75) is 4.90 Å². The second-order valence-electron chi connectivity index (χ2n) is 4.17. The lowest BCUT2D eigenvalue weighted by Crippen LogP contribution is -2.17. The number of nitrogen functional groups attached to an aromatic ring is 1. The number of nitrogens with one attached hydrogen (secondary N) is 2. The highest BCUT2D eigenvalue weighted by Crippen LogP contribution is 2.33. The van der Waals surface area contributed by atoms with Crippen LogP contribution in [0.4, 0.5) is 16.5 Å². The number of nitrogens with zero attached hydrogens (tertiary/aromatic N) is 1. The molecule has 0 saturated heterocycles. The Labute approximate surface area is 120 Å². The summed E-state index contributed by atoms with van der Waals surface area (Å²) in [7, 11) is -3.69. The van der Waals surface area contributed by atoms with Crippen LogP contribution in [0.3, 0.4) is 0 Å². The largest absolute Gasteiger partial charge is 0.397 e. The highest BCUT2D eigenvalue weighted by atomic mass is 32.2. The zero-order valence-electron chi connectivity index (χ0n) is 10.3. The van der Waals surface area contributed by atoms with E-state index in [1.165, 1.54) is 17.4 Å². The van der Waals surface area contributed by atoms with Gasteiger partial charge in [-0.1, -0.05) is 12.2 Å². The van der Waals surface area contributed by atoms with E-state index >= 15 is 0 Å². The molecule has 2 heterocycles. The summed E-state index contributed by atoms with van der Waals surface area (Å²) < 4.78 is 27.3. The van der Waals surface area contributed by atoms with Crippen molar-refractivity contribution in [2.24, 2.45) is 0 Å². The lowest BCUT2D eigenvalue weighted by atomic mass is 10.1. The van der Waals surface area contributed by atoms with Crippen LogP contribution in [0.5, 0.6) is 0 Å². The maximum Gasteiger partial charge on any atom is 0.264 e. The van der Waals surface area contributed by atoms with Crippen molar-refractivity contribution in [3.05, 3.63) is 35.3 Å². The molecule has 0 fully saturated rings. The van der Waals surface area contributed by atoms with E-state index < -0.39 is 10.0 Å². The van der Waals surface area contributed by atoms with Gasteiger partial charge in [0.15, 0.2) is 5.13 Å². The fourth-order valence-electron chi connectivity index (χ4n) is 2.00. The third-order valence-corrected chi connectivity index (χ3v) is 5.08. The van der Waals surface area contributed by atoms with E-state index in [1.54, 1.807) is 23.7 Å². The van der Waals surface area contributed by atoms with E-state index in [1.807, 2.05) is 6.08 Å². The number of sulfonamides is 1. The van der Waals surface area contributed by atoms with Gasteiger partial charge in [-0.15, -0.1) is 11.3 Å². The van der Waals surface area contributed by atoms with Crippen molar-refractivity contribution in [1.82, 2.24) is 4.98 Å². The van der Waals surface area contributed by atoms with Crippen molar-refractivity contribution in [2.75, 3.05) is 22.3 Å². The minimum atomic E-state index is -3.69. The Morgan fingerprint density at radius 1 is 1.40 bits per heavy atom. The summed E-state index contributed by atoms with van der Waals surface area (Å²) in [6.45, 7) is 0.626. The van der Waals surface area contributed by atoms with Crippen LogP contribution in [-0.4, -0.2) is 19.9 Å². The molecule has 104 valence electrons. The summed E-state index contributed by atoms with van der Waals surface area (Å²) >= 11 is 1.23. The van der Waals surface area contributed by atoms with Gasteiger partial charge in [0.2, 0.25) is 0 Å². The Morgan fingerprint density at radius 3 is 3.00 bits per heavy atom. The Hall–Kier alpha value is -2.06. The molecule has 0 atom stereocenters. The number of rotatable bonds is 3. The quantitative estimate of drug-likeness (QED) is 0.753. The van der Waals surface area contributed by atoms with Crippen LogP contribution in [0, 0.1) is 0 Å². The standard InChI is InChI=1S/C12H12N4O2S2/c13-9-3-4-10(8-2-1-5-14-11(8)9)20(17,18)16-12-15-6-7-19-12/h1-4,6-7,14H,5,13H2,(H,15,16). The lowest BCUT2D eigenvalue weighted by Gasteiger charge is -2.18. The van der Waals surface area contributed by atoms with Crippen LogP contribution in [0.1, 0.15) is 5.56 Å². The van der Waals surface area contributed by atoms with E-state index in [0.717, 1.165) is 0 Å². The van der Waals surface area contributed by atoms with Gasteiger partial charge in [0, 0.05) is 23.7 Å². The first kappa shape index (κ1) is 12.9. The van der Waals surface area contributed by atoms with Crippen LogP contribution >= 0.6 is 11.3 Å². The average Bonchev–Trinajstić information content (AvgIpc) is 2.91. The Bertz CT molecular complexity index is 767. The molecular weight excluding hydrogens is 296 g/mol. The van der Waals surface area contributed by atoms with Crippen molar-refractivity contribution in [3.63, 3.8) is 0 Å². The molecule has 8 heteroatoms. The number of aromatic nitrogens is 1. The molecule has 1 aromatic heterocycles. The molecule has 0 amide bonds. The maximum atomic E-state index is 12.4. The molecule has 0 aliphatic carbocycles. The highest BCUT2D eigenvalue weighted by Gasteiger charge is 2.23. The van der Waals surface area contributed by atoms with Gasteiger partial charge in [0.1, 0.15) is 0 Å². The molecule has 0 spiro atoms. The first-order valence-electron chi connectivity index (χ1n) is 5.83. The second kappa shape index (κ2) is 4.80. The number of fused-ring (bicyclic) bond motifs is 1. The van der Waals surface area contributed by atoms with E-state index in [2.05, 4.69) is 15.0 Å². The van der Waals surface area contributed by atoms with Crippen LogP contribution in [-0.2, 0) is 10.0 Å². The van der Waals surface area contributed by atoms with Gasteiger partial charge >= 0.3 is 0 Å². The first-order valence-corrected chi connectivity index (χ1v) is 8.19. The molecule has 20 heavy (non-hydrogen) atoms. The number of thiazole rings is 1. The molecule has 0 bridgehead atoms. The molecule has 0 saturated carbocycles. The monoisotopic (exact) mass is 308 g/mol. The molecule has 2 aromatic rings. The SMILES string of the molecule is Nc1ccc(S(=O)(=O)Nc2nccs2)c2c1NCC=C2. The van der Waals surface area contributed by atoms with Crippen LogP contribution in [0.25, 0.3) is 6.08 Å². The van der Waals surface area contributed by atoms with Gasteiger partial charge in [-0.2, -0.15) is 0 Å². The fourth-order valence-corrected chi connectivity index (χ4v) is 3.99. The van der Waals surface area contributed by atoms with Gasteiger partial charge in [0.05, 0.1) is 16.3 Å². The van der Waals surface area contributed by atoms with E-state index in [9.17, 15) is 8.42 Å². The molecule has 6 nitrogen and oxygen atoms in total. The zero-order chi connectivity index (χ0) is 14.2. The Kier molecular flexibility index (Phi) is 3.11. The van der Waals surface area contributed by atoms with Gasteiger partial charge < -0.3 is 11.1 Å². The van der Waals surface area contributed by atoms with Crippen molar-refractivity contribution < 1.29 is 8.42 Å². The number of nitrogens with two attached hydrogens (primary N) is 1. The predicted molar refractivity (Wildman–Crippen MR) is 81.3 cm³/mol. The smallest absolute Gasteiger partial charge is 0.264 e. The summed E-state index contributed by atoms with van der Waals surface area (Å²) in [6.07, 6.45) is 5.16. The first-order chi connectivity index (χ1) is 9.58. The van der Waals surface area contributed by atoms with E-state index in [0.29, 0.717) is 28.6 Å². The third kappa shape index (κ3) is 2.23. The minimum absolute atomic E-state index is 0.181. The predicted octanol–water partition coefficient (Wildman–Crippen LogP) is 1.96. The molecule has 3 rings (SSSR count). The summed E-state index contributed by atoms with van der Waals surface area (Å²) in [5.41, 5.74) is 7.61. The second-order valence-corrected chi connectivity index (χ2v) is 6.71. The Morgan fingerprint density at radius 2 is 2.25 bits per heavy atom. The van der Waals surface area contributed by atoms with Gasteiger partial charge in [-0.05, 0) is 12.1 Å². The number of anilines is 3. The highest BCUT2D eigenvalue weighted by molar-refractivity contribution is 7.93. The van der Waals surface area contributed by atoms with Crippen LogP contribution < -0.4 is 15.8 Å². The molecule has 1 aliphatic heterocycles. The number of hydrogen-bond donors (Lipinski definition) is 3. The Balaban J connectivity index is 2.09.